The number of carbonyl (C=O) groups is 1. The van der Waals surface area contributed by atoms with Crippen LogP contribution in [-0.2, 0) is 9.47 Å². The highest BCUT2D eigenvalue weighted by Gasteiger charge is 2.16. The van der Waals surface area contributed by atoms with Crippen molar-refractivity contribution in [3.05, 3.63) is 36.0 Å². The van der Waals surface area contributed by atoms with Gasteiger partial charge in [-0.2, -0.15) is 0 Å². The van der Waals surface area contributed by atoms with Gasteiger partial charge in [-0.15, -0.1) is 0 Å². The normalized spacial score (nSPS) is 15.3. The molecule has 0 radical (unpaired) electrons. The number of fused-ring (bicyclic) bond motifs is 1. The number of carbonyl (C=O) groups excluding carboxylic acids is 1. The molecule has 3 rings (SSSR count). The molecule has 1 aliphatic heterocycles. The van der Waals surface area contributed by atoms with Crippen molar-refractivity contribution in [1.29, 1.82) is 0 Å². The van der Waals surface area contributed by atoms with Gasteiger partial charge in [0.1, 0.15) is 5.69 Å². The maximum atomic E-state index is 11.6. The molecule has 0 aliphatic carbocycles. The van der Waals surface area contributed by atoms with Crippen LogP contribution in [0.3, 0.4) is 0 Å². The van der Waals surface area contributed by atoms with Crippen LogP contribution in [-0.4, -0.2) is 44.4 Å². The van der Waals surface area contributed by atoms with Gasteiger partial charge in [-0.05, 0) is 12.1 Å². The third-order valence-electron chi connectivity index (χ3n) is 3.45. The van der Waals surface area contributed by atoms with E-state index in [0.29, 0.717) is 18.9 Å². The number of methoxy groups -OCH3 is 1. The number of ether oxygens (including phenoxy) is 2. The van der Waals surface area contributed by atoms with Crippen molar-refractivity contribution in [1.82, 2.24) is 4.98 Å². The zero-order chi connectivity index (χ0) is 13.9. The molecule has 2 heterocycles. The fourth-order valence-electron chi connectivity index (χ4n) is 2.41. The average molecular weight is 272 g/mol. The molecule has 5 heteroatoms. The molecule has 104 valence electrons. The number of benzene rings is 1. The topological polar surface area (TPSA) is 51.7 Å². The first-order valence-electron chi connectivity index (χ1n) is 6.60. The highest BCUT2D eigenvalue weighted by molar-refractivity contribution is 5.95. The van der Waals surface area contributed by atoms with Gasteiger partial charge in [0.25, 0.3) is 0 Å². The minimum atomic E-state index is -0.413. The Kier molecular flexibility index (Phi) is 3.52. The molecule has 0 N–H and O–H groups in total. The van der Waals surface area contributed by atoms with Crippen LogP contribution in [0, 0.1) is 0 Å². The van der Waals surface area contributed by atoms with Crippen molar-refractivity contribution in [3.63, 3.8) is 0 Å². The molecule has 1 saturated heterocycles. The van der Waals surface area contributed by atoms with E-state index in [2.05, 4.69) is 9.88 Å². The fourth-order valence-corrected chi connectivity index (χ4v) is 2.41. The first-order chi connectivity index (χ1) is 9.79. The van der Waals surface area contributed by atoms with E-state index in [4.69, 9.17) is 9.47 Å². The van der Waals surface area contributed by atoms with E-state index in [0.717, 1.165) is 29.7 Å². The first kappa shape index (κ1) is 12.9. The summed E-state index contributed by atoms with van der Waals surface area (Å²) in [5.74, 6) is -0.413. The zero-order valence-electron chi connectivity index (χ0n) is 11.3. The predicted octanol–water partition coefficient (Wildman–Crippen LogP) is 1.86. The fraction of sp³-hybridized carbons (Fsp3) is 0.333. The van der Waals surface area contributed by atoms with Crippen LogP contribution >= 0.6 is 0 Å². The minimum Gasteiger partial charge on any atom is -0.464 e. The van der Waals surface area contributed by atoms with Crippen molar-refractivity contribution >= 4 is 22.6 Å². The van der Waals surface area contributed by atoms with Gasteiger partial charge >= 0.3 is 5.97 Å². The molecule has 5 nitrogen and oxygen atoms in total. The lowest BCUT2D eigenvalue weighted by atomic mass is 10.1. The summed E-state index contributed by atoms with van der Waals surface area (Å²) in [6.07, 6.45) is 0. The van der Waals surface area contributed by atoms with Gasteiger partial charge in [0.05, 0.1) is 31.5 Å². The first-order valence-corrected chi connectivity index (χ1v) is 6.60. The molecule has 1 aromatic carbocycles. The Morgan fingerprint density at radius 3 is 2.80 bits per heavy atom. The third-order valence-corrected chi connectivity index (χ3v) is 3.45. The van der Waals surface area contributed by atoms with E-state index in [1.165, 1.54) is 7.11 Å². The highest BCUT2D eigenvalue weighted by Crippen LogP contribution is 2.26. The van der Waals surface area contributed by atoms with Gasteiger partial charge in [0.15, 0.2) is 0 Å². The van der Waals surface area contributed by atoms with Crippen molar-refractivity contribution in [2.75, 3.05) is 38.3 Å². The zero-order valence-corrected chi connectivity index (χ0v) is 11.3. The molecule has 2 aromatic rings. The number of para-hydroxylation sites is 1. The SMILES string of the molecule is COC(=O)c1ccc2cccc(N3CCOCC3)c2n1. The predicted molar refractivity (Wildman–Crippen MR) is 76.1 cm³/mol. The number of hydrogen-bond acceptors (Lipinski definition) is 5. The Morgan fingerprint density at radius 2 is 2.05 bits per heavy atom. The lowest BCUT2D eigenvalue weighted by molar-refractivity contribution is 0.0594. The number of nitrogens with zero attached hydrogens (tertiary/aromatic N) is 2. The van der Waals surface area contributed by atoms with Gasteiger partial charge in [0.2, 0.25) is 0 Å². The molecular weight excluding hydrogens is 256 g/mol. The number of rotatable bonds is 2. The maximum Gasteiger partial charge on any atom is 0.356 e. The Labute approximate surface area is 117 Å². The molecule has 1 aliphatic rings. The van der Waals surface area contributed by atoms with E-state index in [1.807, 2.05) is 24.3 Å². The van der Waals surface area contributed by atoms with E-state index in [1.54, 1.807) is 6.07 Å². The number of anilines is 1. The summed E-state index contributed by atoms with van der Waals surface area (Å²) >= 11 is 0. The summed E-state index contributed by atoms with van der Waals surface area (Å²) in [6, 6.07) is 9.62. The van der Waals surface area contributed by atoms with E-state index in [-0.39, 0.29) is 0 Å². The molecule has 0 spiro atoms. The summed E-state index contributed by atoms with van der Waals surface area (Å²) in [5, 5.41) is 1.02. The van der Waals surface area contributed by atoms with Crippen LogP contribution in [0.4, 0.5) is 5.69 Å². The van der Waals surface area contributed by atoms with Crippen LogP contribution in [0.25, 0.3) is 10.9 Å². The largest absolute Gasteiger partial charge is 0.464 e. The molecule has 0 unspecified atom stereocenters. The van der Waals surface area contributed by atoms with Crippen LogP contribution in [0.2, 0.25) is 0 Å². The van der Waals surface area contributed by atoms with Gasteiger partial charge in [-0.1, -0.05) is 18.2 Å². The number of morpholine rings is 1. The monoisotopic (exact) mass is 272 g/mol. The van der Waals surface area contributed by atoms with Crippen molar-refractivity contribution in [3.8, 4) is 0 Å². The quantitative estimate of drug-likeness (QED) is 0.781. The number of hydrogen-bond donors (Lipinski definition) is 0. The second-order valence-electron chi connectivity index (χ2n) is 4.64. The Balaban J connectivity index is 2.08. The summed E-state index contributed by atoms with van der Waals surface area (Å²) in [6.45, 7) is 3.10. The van der Waals surface area contributed by atoms with Crippen LogP contribution < -0.4 is 4.90 Å². The molecule has 1 aromatic heterocycles. The molecule has 20 heavy (non-hydrogen) atoms. The van der Waals surface area contributed by atoms with Crippen LogP contribution in [0.15, 0.2) is 30.3 Å². The molecule has 0 amide bonds. The molecule has 0 saturated carbocycles. The molecule has 0 bridgehead atoms. The highest BCUT2D eigenvalue weighted by atomic mass is 16.5. The lowest BCUT2D eigenvalue weighted by Crippen LogP contribution is -2.36. The summed E-state index contributed by atoms with van der Waals surface area (Å²) < 4.78 is 10.1. The van der Waals surface area contributed by atoms with Crippen molar-refractivity contribution in [2.45, 2.75) is 0 Å². The average Bonchev–Trinajstić information content (AvgIpc) is 2.54. The van der Waals surface area contributed by atoms with Crippen molar-refractivity contribution < 1.29 is 14.3 Å². The summed E-state index contributed by atoms with van der Waals surface area (Å²) in [4.78, 5) is 18.3. The Hall–Kier alpha value is -2.14. The molecule has 0 atom stereocenters. The second kappa shape index (κ2) is 5.46. The Morgan fingerprint density at radius 1 is 1.25 bits per heavy atom. The van der Waals surface area contributed by atoms with Gasteiger partial charge in [0, 0.05) is 18.5 Å². The standard InChI is InChI=1S/C15H16N2O3/c1-19-15(18)12-6-5-11-3-2-4-13(14(11)16-12)17-7-9-20-10-8-17/h2-6H,7-10H2,1H3. The minimum absolute atomic E-state index is 0.334. The summed E-state index contributed by atoms with van der Waals surface area (Å²) in [7, 11) is 1.36. The number of aromatic nitrogens is 1. The smallest absolute Gasteiger partial charge is 0.356 e. The maximum absolute atomic E-state index is 11.6. The molecule has 1 fully saturated rings. The lowest BCUT2D eigenvalue weighted by Gasteiger charge is -2.29. The second-order valence-corrected chi connectivity index (χ2v) is 4.64. The van der Waals surface area contributed by atoms with Crippen LogP contribution in [0.5, 0.6) is 0 Å². The number of pyridine rings is 1. The van der Waals surface area contributed by atoms with Gasteiger partial charge in [-0.3, -0.25) is 0 Å². The number of esters is 1. The van der Waals surface area contributed by atoms with E-state index >= 15 is 0 Å². The van der Waals surface area contributed by atoms with Gasteiger partial charge in [-0.25, -0.2) is 9.78 Å². The van der Waals surface area contributed by atoms with E-state index < -0.39 is 5.97 Å². The Bertz CT molecular complexity index is 636. The molecular formula is C15H16N2O3. The van der Waals surface area contributed by atoms with Crippen molar-refractivity contribution in [2.24, 2.45) is 0 Å². The van der Waals surface area contributed by atoms with Gasteiger partial charge < -0.3 is 14.4 Å². The van der Waals surface area contributed by atoms with E-state index in [9.17, 15) is 4.79 Å². The third kappa shape index (κ3) is 2.32. The van der Waals surface area contributed by atoms with Crippen LogP contribution in [0.1, 0.15) is 10.5 Å². The summed E-state index contributed by atoms with van der Waals surface area (Å²) in [5.41, 5.74) is 2.20.